The molecule has 6 nitrogen and oxygen atoms in total. The molecule has 0 radical (unpaired) electrons. The molecule has 0 aromatic heterocycles. The van der Waals surface area contributed by atoms with Crippen LogP contribution in [0.5, 0.6) is 0 Å². The van der Waals surface area contributed by atoms with Crippen LogP contribution >= 0.6 is 15.9 Å². The summed E-state index contributed by atoms with van der Waals surface area (Å²) >= 11 is 3.10. The quantitative estimate of drug-likeness (QED) is 0.502. The first-order valence-electron chi connectivity index (χ1n) is 5.69. The molecule has 0 aliphatic rings. The number of nitrogens with one attached hydrogen (secondary N) is 1. The summed E-state index contributed by atoms with van der Waals surface area (Å²) in [5.41, 5.74) is 5.00. The van der Waals surface area contributed by atoms with Crippen molar-refractivity contribution >= 4 is 38.9 Å². The lowest BCUT2D eigenvalue weighted by atomic mass is 10.1. The first-order valence-corrected chi connectivity index (χ1v) is 6.48. The number of amides is 1. The Morgan fingerprint density at radius 3 is 2.62 bits per heavy atom. The molecule has 21 heavy (non-hydrogen) atoms. The normalized spacial score (nSPS) is 10.2. The standard InChI is InChI=1S/C13H9BrFN3O3/c14-7-1-4-11(12(5-7)18(20)21)17-13(19)9-3-2-8(16)6-10(9)15/h1-6H,16H2,(H,17,19). The highest BCUT2D eigenvalue weighted by Gasteiger charge is 2.19. The molecular formula is C13H9BrFN3O3. The van der Waals surface area contributed by atoms with E-state index in [-0.39, 0.29) is 22.6 Å². The zero-order chi connectivity index (χ0) is 15.6. The van der Waals surface area contributed by atoms with Crippen molar-refractivity contribution in [2.24, 2.45) is 0 Å². The summed E-state index contributed by atoms with van der Waals surface area (Å²) in [6.07, 6.45) is 0. The van der Waals surface area contributed by atoms with E-state index >= 15 is 0 Å². The van der Waals surface area contributed by atoms with Crippen molar-refractivity contribution in [2.75, 3.05) is 11.1 Å². The van der Waals surface area contributed by atoms with Crippen LogP contribution in [0.15, 0.2) is 40.9 Å². The molecule has 8 heteroatoms. The predicted octanol–water partition coefficient (Wildman–Crippen LogP) is 3.33. The second-order valence-electron chi connectivity index (χ2n) is 4.11. The molecule has 0 bridgehead atoms. The summed E-state index contributed by atoms with van der Waals surface area (Å²) in [6.45, 7) is 0. The molecule has 0 heterocycles. The lowest BCUT2D eigenvalue weighted by Crippen LogP contribution is -2.15. The van der Waals surface area contributed by atoms with Gasteiger partial charge in [-0.1, -0.05) is 15.9 Å². The summed E-state index contributed by atoms with van der Waals surface area (Å²) in [4.78, 5) is 22.3. The second-order valence-corrected chi connectivity index (χ2v) is 5.03. The molecule has 2 rings (SSSR count). The van der Waals surface area contributed by atoms with Gasteiger partial charge in [0.05, 0.1) is 10.5 Å². The molecular weight excluding hydrogens is 345 g/mol. The fraction of sp³-hybridized carbons (Fsp3) is 0. The van der Waals surface area contributed by atoms with E-state index in [1.165, 1.54) is 30.3 Å². The number of halogens is 2. The number of hydrogen-bond acceptors (Lipinski definition) is 4. The maximum absolute atomic E-state index is 13.6. The largest absolute Gasteiger partial charge is 0.399 e. The highest BCUT2D eigenvalue weighted by atomic mass is 79.9. The lowest BCUT2D eigenvalue weighted by Gasteiger charge is -2.07. The second kappa shape index (κ2) is 5.88. The summed E-state index contributed by atoms with van der Waals surface area (Å²) in [6, 6.07) is 7.72. The van der Waals surface area contributed by atoms with Gasteiger partial charge >= 0.3 is 0 Å². The topological polar surface area (TPSA) is 98.3 Å². The van der Waals surface area contributed by atoms with Crippen LogP contribution in [-0.2, 0) is 0 Å². The van der Waals surface area contributed by atoms with E-state index in [4.69, 9.17) is 5.73 Å². The molecule has 2 aromatic rings. The van der Waals surface area contributed by atoms with Gasteiger partial charge in [0.1, 0.15) is 11.5 Å². The minimum absolute atomic E-state index is 0.0237. The fourth-order valence-electron chi connectivity index (χ4n) is 1.67. The summed E-state index contributed by atoms with van der Waals surface area (Å²) in [7, 11) is 0. The number of nitrogens with zero attached hydrogens (tertiary/aromatic N) is 1. The third-order valence-electron chi connectivity index (χ3n) is 2.64. The van der Waals surface area contributed by atoms with E-state index in [1.54, 1.807) is 0 Å². The van der Waals surface area contributed by atoms with Crippen LogP contribution < -0.4 is 11.1 Å². The summed E-state index contributed by atoms with van der Waals surface area (Å²) in [5, 5.41) is 13.3. The Balaban J connectivity index is 2.34. The maximum atomic E-state index is 13.6. The van der Waals surface area contributed by atoms with Crippen molar-refractivity contribution in [3.05, 3.63) is 62.4 Å². The number of carbonyl (C=O) groups is 1. The SMILES string of the molecule is Nc1ccc(C(=O)Nc2ccc(Br)cc2[N+](=O)[O-])c(F)c1. The molecule has 0 aliphatic carbocycles. The number of hydrogen-bond donors (Lipinski definition) is 2. The molecule has 2 aromatic carbocycles. The predicted molar refractivity (Wildman–Crippen MR) is 79.6 cm³/mol. The molecule has 0 unspecified atom stereocenters. The Morgan fingerprint density at radius 1 is 1.29 bits per heavy atom. The molecule has 0 spiro atoms. The van der Waals surface area contributed by atoms with Crippen LogP contribution in [0.3, 0.4) is 0 Å². The van der Waals surface area contributed by atoms with E-state index in [1.807, 2.05) is 0 Å². The van der Waals surface area contributed by atoms with Gasteiger partial charge in [0, 0.05) is 16.2 Å². The van der Waals surface area contributed by atoms with Gasteiger partial charge in [0.15, 0.2) is 0 Å². The molecule has 0 fully saturated rings. The maximum Gasteiger partial charge on any atom is 0.293 e. The third-order valence-corrected chi connectivity index (χ3v) is 3.14. The van der Waals surface area contributed by atoms with Crippen molar-refractivity contribution < 1.29 is 14.1 Å². The van der Waals surface area contributed by atoms with Gasteiger partial charge in [-0.25, -0.2) is 4.39 Å². The number of nitrogens with two attached hydrogens (primary N) is 1. The van der Waals surface area contributed by atoms with Crippen LogP contribution in [0.2, 0.25) is 0 Å². The highest BCUT2D eigenvalue weighted by Crippen LogP contribution is 2.28. The zero-order valence-electron chi connectivity index (χ0n) is 10.5. The Morgan fingerprint density at radius 2 is 2.00 bits per heavy atom. The molecule has 108 valence electrons. The zero-order valence-corrected chi connectivity index (χ0v) is 12.1. The number of rotatable bonds is 3. The van der Waals surface area contributed by atoms with E-state index in [2.05, 4.69) is 21.2 Å². The fourth-order valence-corrected chi connectivity index (χ4v) is 2.02. The Bertz CT molecular complexity index is 737. The van der Waals surface area contributed by atoms with Crippen molar-refractivity contribution in [1.82, 2.24) is 0 Å². The highest BCUT2D eigenvalue weighted by molar-refractivity contribution is 9.10. The number of benzene rings is 2. The van der Waals surface area contributed by atoms with Crippen molar-refractivity contribution in [1.29, 1.82) is 0 Å². The monoisotopic (exact) mass is 353 g/mol. The van der Waals surface area contributed by atoms with Gasteiger partial charge in [0.2, 0.25) is 0 Å². The van der Waals surface area contributed by atoms with Crippen LogP contribution in [0.4, 0.5) is 21.5 Å². The van der Waals surface area contributed by atoms with Gasteiger partial charge in [-0.3, -0.25) is 14.9 Å². The van der Waals surface area contributed by atoms with Gasteiger partial charge in [-0.2, -0.15) is 0 Å². The van der Waals surface area contributed by atoms with Gasteiger partial charge < -0.3 is 11.1 Å². The van der Waals surface area contributed by atoms with Crippen LogP contribution in [0, 0.1) is 15.9 Å². The van der Waals surface area contributed by atoms with Crippen LogP contribution in [-0.4, -0.2) is 10.8 Å². The summed E-state index contributed by atoms with van der Waals surface area (Å²) < 4.78 is 14.1. The van der Waals surface area contributed by atoms with E-state index in [0.717, 1.165) is 6.07 Å². The minimum atomic E-state index is -0.799. The summed E-state index contributed by atoms with van der Waals surface area (Å²) in [5.74, 6) is -1.59. The van der Waals surface area contributed by atoms with Crippen LogP contribution in [0.25, 0.3) is 0 Å². The Hall–Kier alpha value is -2.48. The molecule has 3 N–H and O–H groups in total. The van der Waals surface area contributed by atoms with E-state index in [9.17, 15) is 19.3 Å². The minimum Gasteiger partial charge on any atom is -0.399 e. The number of nitrogen functional groups attached to an aromatic ring is 1. The van der Waals surface area contributed by atoms with Crippen molar-refractivity contribution in [3.63, 3.8) is 0 Å². The van der Waals surface area contributed by atoms with Gasteiger partial charge in [-0.05, 0) is 30.3 Å². The van der Waals surface area contributed by atoms with E-state index in [0.29, 0.717) is 4.47 Å². The Labute approximate surface area is 127 Å². The number of carbonyl (C=O) groups excluding carboxylic acids is 1. The molecule has 0 saturated heterocycles. The average Bonchev–Trinajstić information content (AvgIpc) is 2.40. The molecule has 0 saturated carbocycles. The first-order chi connectivity index (χ1) is 9.88. The average molecular weight is 354 g/mol. The first kappa shape index (κ1) is 14.9. The smallest absolute Gasteiger partial charge is 0.293 e. The van der Waals surface area contributed by atoms with Crippen LogP contribution in [0.1, 0.15) is 10.4 Å². The Kier molecular flexibility index (Phi) is 4.18. The van der Waals surface area contributed by atoms with Crippen molar-refractivity contribution in [3.8, 4) is 0 Å². The number of nitro groups is 1. The molecule has 0 aliphatic heterocycles. The third kappa shape index (κ3) is 3.34. The van der Waals surface area contributed by atoms with E-state index < -0.39 is 16.6 Å². The van der Waals surface area contributed by atoms with Crippen molar-refractivity contribution in [2.45, 2.75) is 0 Å². The molecule has 0 atom stereocenters. The van der Waals surface area contributed by atoms with Gasteiger partial charge in [-0.15, -0.1) is 0 Å². The van der Waals surface area contributed by atoms with Gasteiger partial charge in [0.25, 0.3) is 11.6 Å². The number of anilines is 2. The number of nitro benzene ring substituents is 1. The lowest BCUT2D eigenvalue weighted by molar-refractivity contribution is -0.384. The molecule has 1 amide bonds.